The average molecular weight is 345 g/mol. The summed E-state index contributed by atoms with van der Waals surface area (Å²) < 4.78 is 0. The van der Waals surface area contributed by atoms with Crippen molar-refractivity contribution in [1.29, 1.82) is 0 Å². The van der Waals surface area contributed by atoms with Crippen molar-refractivity contribution in [3.8, 4) is 0 Å². The molecule has 1 unspecified atom stereocenters. The van der Waals surface area contributed by atoms with Gasteiger partial charge in [-0.1, -0.05) is 75.4 Å². The molecule has 1 heteroatoms. The van der Waals surface area contributed by atoms with Gasteiger partial charge in [-0.3, -0.25) is 0 Å². The number of benzene rings is 3. The van der Waals surface area contributed by atoms with Crippen LogP contribution in [0.1, 0.15) is 32.3 Å². The van der Waals surface area contributed by atoms with E-state index in [0.29, 0.717) is 5.92 Å². The Bertz CT molecular complexity index is 820. The molecule has 1 atom stereocenters. The number of fused-ring (bicyclic) bond motifs is 1. The zero-order valence-corrected chi connectivity index (χ0v) is 16.2. The summed E-state index contributed by atoms with van der Waals surface area (Å²) in [6, 6.07) is 31.7. The quantitative estimate of drug-likeness (QED) is 0.565. The van der Waals surface area contributed by atoms with Gasteiger partial charge in [-0.05, 0) is 35.7 Å². The lowest BCUT2D eigenvalue weighted by atomic mass is 9.78. The highest BCUT2D eigenvalue weighted by Crippen LogP contribution is 2.65. The third kappa shape index (κ3) is 2.64. The van der Waals surface area contributed by atoms with E-state index >= 15 is 0 Å². The smallest absolute Gasteiger partial charge is 0.0620 e. The monoisotopic (exact) mass is 345 g/mol. The molecule has 0 spiro atoms. The van der Waals surface area contributed by atoms with Crippen LogP contribution in [-0.2, 0) is 0 Å². The highest BCUT2D eigenvalue weighted by Gasteiger charge is 2.56. The number of hydrogen-bond acceptors (Lipinski definition) is 0. The number of rotatable bonds is 2. The highest BCUT2D eigenvalue weighted by molar-refractivity contribution is 7.96. The van der Waals surface area contributed by atoms with E-state index in [2.05, 4.69) is 106 Å². The largest absolute Gasteiger partial charge is 0.113 e. The van der Waals surface area contributed by atoms with E-state index in [-0.39, 0.29) is 5.41 Å². The molecular weight excluding hydrogens is 319 g/mol. The van der Waals surface area contributed by atoms with Gasteiger partial charge < -0.3 is 0 Å². The molecule has 0 nitrogen and oxygen atoms in total. The van der Waals surface area contributed by atoms with Crippen molar-refractivity contribution in [3.63, 3.8) is 0 Å². The summed E-state index contributed by atoms with van der Waals surface area (Å²) in [4.78, 5) is 0. The lowest BCUT2D eigenvalue weighted by Gasteiger charge is -2.28. The van der Waals surface area contributed by atoms with Crippen LogP contribution in [0.4, 0.5) is 0 Å². The van der Waals surface area contributed by atoms with Gasteiger partial charge in [0, 0.05) is 11.5 Å². The summed E-state index contributed by atoms with van der Waals surface area (Å²) in [6.45, 7) is 7.18. The molecule has 126 valence electrons. The third-order valence-electron chi connectivity index (χ3n) is 5.62. The minimum atomic E-state index is -1.59. The Kier molecular flexibility index (Phi) is 4.05. The van der Waals surface area contributed by atoms with Crippen molar-refractivity contribution >= 4 is 23.2 Å². The lowest BCUT2D eigenvalue weighted by Crippen LogP contribution is -2.30. The van der Waals surface area contributed by atoms with Crippen molar-refractivity contribution in [2.75, 3.05) is 6.16 Å². The van der Waals surface area contributed by atoms with E-state index in [1.807, 2.05) is 0 Å². The highest BCUT2D eigenvalue weighted by atomic mass is 31.2. The second kappa shape index (κ2) is 6.11. The Morgan fingerprint density at radius 1 is 0.680 bits per heavy atom. The van der Waals surface area contributed by atoms with Gasteiger partial charge in [0.15, 0.2) is 0 Å². The molecule has 1 heterocycles. The predicted molar refractivity (Wildman–Crippen MR) is 112 cm³/mol. The van der Waals surface area contributed by atoms with E-state index < -0.39 is 7.26 Å². The molecule has 0 radical (unpaired) electrons. The van der Waals surface area contributed by atoms with Crippen LogP contribution in [-0.4, -0.2) is 6.16 Å². The van der Waals surface area contributed by atoms with Crippen LogP contribution in [0.3, 0.4) is 0 Å². The van der Waals surface area contributed by atoms with Gasteiger partial charge in [0.2, 0.25) is 0 Å². The van der Waals surface area contributed by atoms with Crippen LogP contribution in [0.2, 0.25) is 0 Å². The molecule has 1 aliphatic rings. The topological polar surface area (TPSA) is 0 Å². The normalized spacial score (nSPS) is 18.8. The maximum atomic E-state index is 2.40. The SMILES string of the molecule is CC(C)(C)C1C[P+](c2ccccc2)(c2ccccc2)c2ccccc21. The van der Waals surface area contributed by atoms with E-state index in [1.54, 1.807) is 10.9 Å². The summed E-state index contributed by atoms with van der Waals surface area (Å²) in [7, 11) is -1.59. The van der Waals surface area contributed by atoms with Crippen LogP contribution in [0.25, 0.3) is 0 Å². The Morgan fingerprint density at radius 3 is 1.68 bits per heavy atom. The van der Waals surface area contributed by atoms with Gasteiger partial charge in [0.1, 0.15) is 23.2 Å². The Morgan fingerprint density at radius 2 is 1.16 bits per heavy atom. The molecular formula is C24H26P+. The number of hydrogen-bond donors (Lipinski definition) is 0. The van der Waals surface area contributed by atoms with Gasteiger partial charge in [-0.2, -0.15) is 0 Å². The fraction of sp³-hybridized carbons (Fsp3) is 0.250. The van der Waals surface area contributed by atoms with Crippen molar-refractivity contribution in [2.45, 2.75) is 26.7 Å². The summed E-state index contributed by atoms with van der Waals surface area (Å²) in [5.74, 6) is 0.595. The molecule has 0 N–H and O–H groups in total. The summed E-state index contributed by atoms with van der Waals surface area (Å²) in [5.41, 5.74) is 1.83. The second-order valence-electron chi connectivity index (χ2n) is 8.14. The zero-order chi connectivity index (χ0) is 17.5. The minimum Gasteiger partial charge on any atom is -0.0620 e. The molecule has 4 rings (SSSR count). The zero-order valence-electron chi connectivity index (χ0n) is 15.3. The average Bonchev–Trinajstić information content (AvgIpc) is 3.00. The Hall–Kier alpha value is -1.91. The molecule has 0 saturated heterocycles. The molecule has 3 aromatic rings. The summed E-state index contributed by atoms with van der Waals surface area (Å²) in [6.07, 6.45) is 1.24. The predicted octanol–water partition coefficient (Wildman–Crippen LogP) is 5.12. The van der Waals surface area contributed by atoms with E-state index in [4.69, 9.17) is 0 Å². The summed E-state index contributed by atoms with van der Waals surface area (Å²) >= 11 is 0. The van der Waals surface area contributed by atoms with Crippen LogP contribution < -0.4 is 15.9 Å². The molecule has 3 aromatic carbocycles. The molecule has 0 fully saturated rings. The lowest BCUT2D eigenvalue weighted by molar-refractivity contribution is 0.347. The fourth-order valence-electron chi connectivity index (χ4n) is 4.34. The van der Waals surface area contributed by atoms with Gasteiger partial charge in [-0.25, -0.2) is 0 Å². The molecule has 0 amide bonds. The van der Waals surface area contributed by atoms with Crippen LogP contribution in [0, 0.1) is 5.41 Å². The first kappa shape index (κ1) is 16.6. The first-order chi connectivity index (χ1) is 12.0. The maximum Gasteiger partial charge on any atom is 0.113 e. The van der Waals surface area contributed by atoms with Crippen molar-refractivity contribution < 1.29 is 0 Å². The fourth-order valence-corrected chi connectivity index (χ4v) is 9.48. The van der Waals surface area contributed by atoms with Gasteiger partial charge in [0.05, 0.1) is 6.16 Å². The molecule has 1 aliphatic heterocycles. The van der Waals surface area contributed by atoms with Gasteiger partial charge >= 0.3 is 0 Å². The first-order valence-corrected chi connectivity index (χ1v) is 11.1. The third-order valence-corrected chi connectivity index (χ3v) is 10.1. The van der Waals surface area contributed by atoms with Crippen LogP contribution in [0.5, 0.6) is 0 Å². The maximum absolute atomic E-state index is 2.40. The van der Waals surface area contributed by atoms with E-state index in [9.17, 15) is 0 Å². The second-order valence-corrected chi connectivity index (χ2v) is 11.6. The standard InChI is InChI=1S/C24H26P/c1-24(2,3)22-18-25(19-12-6-4-7-13-19,20-14-8-5-9-15-20)23-17-11-10-16-21(22)23/h4-17,22H,18H2,1-3H3/q+1. The van der Waals surface area contributed by atoms with Crippen molar-refractivity contribution in [1.82, 2.24) is 0 Å². The minimum absolute atomic E-state index is 0.265. The first-order valence-electron chi connectivity index (χ1n) is 9.12. The molecule has 0 saturated carbocycles. The van der Waals surface area contributed by atoms with Gasteiger partial charge in [0.25, 0.3) is 0 Å². The molecule has 0 aromatic heterocycles. The van der Waals surface area contributed by atoms with Crippen molar-refractivity contribution in [3.05, 3.63) is 90.5 Å². The van der Waals surface area contributed by atoms with Gasteiger partial charge in [-0.15, -0.1) is 0 Å². The summed E-state index contributed by atoms with van der Waals surface area (Å²) in [5, 5.41) is 4.62. The van der Waals surface area contributed by atoms with E-state index in [0.717, 1.165) is 0 Å². The van der Waals surface area contributed by atoms with E-state index in [1.165, 1.54) is 16.8 Å². The molecule has 25 heavy (non-hydrogen) atoms. The molecule has 0 bridgehead atoms. The Balaban J connectivity index is 2.04. The Labute approximate surface area is 152 Å². The van der Waals surface area contributed by atoms with Crippen molar-refractivity contribution in [2.24, 2.45) is 5.41 Å². The van der Waals surface area contributed by atoms with Crippen LogP contribution in [0.15, 0.2) is 84.9 Å². The van der Waals surface area contributed by atoms with Crippen LogP contribution >= 0.6 is 7.26 Å². The molecule has 0 aliphatic carbocycles.